The second-order valence-corrected chi connectivity index (χ2v) is 5.60. The third kappa shape index (κ3) is 6.41. The number of carbonyl (C=O) groups is 3. The van der Waals surface area contributed by atoms with E-state index < -0.39 is 29.1 Å². The lowest BCUT2D eigenvalue weighted by Crippen LogP contribution is -2.38. The molecule has 25 heavy (non-hydrogen) atoms. The van der Waals surface area contributed by atoms with Crippen molar-refractivity contribution < 1.29 is 24.2 Å². The fourth-order valence-corrected chi connectivity index (χ4v) is 2.40. The van der Waals surface area contributed by atoms with Crippen molar-refractivity contribution in [2.75, 3.05) is 6.61 Å². The van der Waals surface area contributed by atoms with Crippen LogP contribution in [0.25, 0.3) is 0 Å². The number of hydrogen-bond donors (Lipinski definition) is 2. The van der Waals surface area contributed by atoms with Crippen molar-refractivity contribution in [1.82, 2.24) is 5.32 Å². The van der Waals surface area contributed by atoms with Crippen LogP contribution in [0.1, 0.15) is 39.2 Å². The number of rotatable bonds is 9. The number of aliphatic hydroxyl groups excluding tert-OH is 1. The van der Waals surface area contributed by atoms with Gasteiger partial charge in [0.25, 0.3) is 0 Å². The molecule has 1 aromatic carbocycles. The van der Waals surface area contributed by atoms with E-state index in [-0.39, 0.29) is 25.4 Å². The lowest BCUT2D eigenvalue weighted by molar-refractivity contribution is -0.140. The molecule has 0 aliphatic heterocycles. The van der Waals surface area contributed by atoms with E-state index in [0.29, 0.717) is 6.42 Å². The highest BCUT2D eigenvalue weighted by Crippen LogP contribution is 2.16. The summed E-state index contributed by atoms with van der Waals surface area (Å²) in [4.78, 5) is 36.0. The molecule has 0 aliphatic carbocycles. The second-order valence-electron chi connectivity index (χ2n) is 5.60. The summed E-state index contributed by atoms with van der Waals surface area (Å²) in [6.07, 6.45) is 0.878. The van der Waals surface area contributed by atoms with Crippen LogP contribution >= 0.6 is 0 Å². The molecule has 0 spiro atoms. The number of esters is 1. The fraction of sp³-hybridized carbons (Fsp3) is 0.421. The maximum atomic E-state index is 12.3. The van der Waals surface area contributed by atoms with Crippen molar-refractivity contribution in [1.29, 1.82) is 0 Å². The highest BCUT2D eigenvalue weighted by molar-refractivity contribution is 6.17. The zero-order chi connectivity index (χ0) is 18.8. The monoisotopic (exact) mass is 347 g/mol. The smallest absolute Gasteiger partial charge is 0.345 e. The minimum absolute atomic E-state index is 0.0819. The molecule has 1 atom stereocenters. The van der Waals surface area contributed by atoms with Gasteiger partial charge in [-0.1, -0.05) is 37.3 Å². The number of hydrogen-bond acceptors (Lipinski definition) is 5. The van der Waals surface area contributed by atoms with E-state index >= 15 is 0 Å². The molecular weight excluding hydrogens is 322 g/mol. The van der Waals surface area contributed by atoms with Crippen LogP contribution in [0.3, 0.4) is 0 Å². The van der Waals surface area contributed by atoms with E-state index in [1.54, 1.807) is 13.8 Å². The van der Waals surface area contributed by atoms with Gasteiger partial charge in [-0.15, -0.1) is 0 Å². The molecule has 6 heteroatoms. The summed E-state index contributed by atoms with van der Waals surface area (Å²) < 4.78 is 4.91. The normalized spacial score (nSPS) is 12.8. The Balaban J connectivity index is 3.27. The van der Waals surface area contributed by atoms with Crippen molar-refractivity contribution in [3.8, 4) is 0 Å². The number of aliphatic hydroxyl groups is 1. The third-order valence-electron chi connectivity index (χ3n) is 3.48. The van der Waals surface area contributed by atoms with Gasteiger partial charge in [-0.05, 0) is 25.3 Å². The molecule has 1 unspecified atom stereocenters. The zero-order valence-electron chi connectivity index (χ0n) is 14.9. The topological polar surface area (TPSA) is 92.7 Å². The Kier molecular flexibility index (Phi) is 8.39. The first-order valence-electron chi connectivity index (χ1n) is 8.35. The maximum absolute atomic E-state index is 12.3. The maximum Gasteiger partial charge on any atom is 0.345 e. The zero-order valence-corrected chi connectivity index (χ0v) is 14.9. The van der Waals surface area contributed by atoms with Crippen LogP contribution in [0.4, 0.5) is 0 Å². The van der Waals surface area contributed by atoms with Gasteiger partial charge in [-0.3, -0.25) is 9.59 Å². The number of benzene rings is 1. The van der Waals surface area contributed by atoms with E-state index in [2.05, 4.69) is 5.32 Å². The number of carbonyl (C=O) groups excluding carboxylic acids is 3. The highest BCUT2D eigenvalue weighted by Gasteiger charge is 2.29. The van der Waals surface area contributed by atoms with Gasteiger partial charge in [0.05, 0.1) is 12.6 Å². The molecule has 0 saturated carbocycles. The summed E-state index contributed by atoms with van der Waals surface area (Å²) in [5, 5.41) is 13.2. The fourth-order valence-electron chi connectivity index (χ4n) is 2.40. The first kappa shape index (κ1) is 20.4. The lowest BCUT2D eigenvalue weighted by Gasteiger charge is -2.20. The van der Waals surface area contributed by atoms with Crippen molar-refractivity contribution in [2.45, 2.75) is 46.1 Å². The molecule has 1 amide bonds. The molecular formula is C19H25NO5. The summed E-state index contributed by atoms with van der Waals surface area (Å²) >= 11 is 0. The van der Waals surface area contributed by atoms with Gasteiger partial charge >= 0.3 is 5.97 Å². The summed E-state index contributed by atoms with van der Waals surface area (Å²) in [5.41, 5.74) is 0.456. The van der Waals surface area contributed by atoms with Crippen molar-refractivity contribution in [3.05, 3.63) is 47.2 Å². The lowest BCUT2D eigenvalue weighted by atomic mass is 9.98. The summed E-state index contributed by atoms with van der Waals surface area (Å²) in [6, 6.07) is 8.28. The first-order valence-corrected chi connectivity index (χ1v) is 8.35. The van der Waals surface area contributed by atoms with E-state index in [1.165, 1.54) is 6.92 Å². The van der Waals surface area contributed by atoms with Gasteiger partial charge in [0, 0.05) is 13.3 Å². The Labute approximate surface area is 147 Å². The Hall–Kier alpha value is -2.63. The van der Waals surface area contributed by atoms with Gasteiger partial charge < -0.3 is 15.2 Å². The predicted molar refractivity (Wildman–Crippen MR) is 94.0 cm³/mol. The molecule has 0 radical (unpaired) electrons. The molecule has 1 rings (SSSR count). The Morgan fingerprint density at radius 3 is 2.32 bits per heavy atom. The number of ketones is 1. The van der Waals surface area contributed by atoms with Crippen LogP contribution in [-0.2, 0) is 25.5 Å². The third-order valence-corrected chi connectivity index (χ3v) is 3.48. The van der Waals surface area contributed by atoms with Crippen LogP contribution in [0.2, 0.25) is 0 Å². The predicted octanol–water partition coefficient (Wildman–Crippen LogP) is 2.48. The van der Waals surface area contributed by atoms with Gasteiger partial charge in [0.1, 0.15) is 11.3 Å². The molecule has 6 nitrogen and oxygen atoms in total. The van der Waals surface area contributed by atoms with Gasteiger partial charge in [-0.25, -0.2) is 4.79 Å². The van der Waals surface area contributed by atoms with Crippen LogP contribution in [0, 0.1) is 0 Å². The Morgan fingerprint density at radius 2 is 1.80 bits per heavy atom. The molecule has 136 valence electrons. The number of Topliss-reactive ketones (excluding diaryl/α,β-unsaturated/α-hetero) is 1. The van der Waals surface area contributed by atoms with Gasteiger partial charge in [0.2, 0.25) is 5.91 Å². The van der Waals surface area contributed by atoms with Crippen LogP contribution in [-0.4, -0.2) is 35.4 Å². The van der Waals surface area contributed by atoms with E-state index in [9.17, 15) is 19.5 Å². The van der Waals surface area contributed by atoms with E-state index in [4.69, 9.17) is 4.74 Å². The number of nitrogens with one attached hydrogen (secondary N) is 1. The van der Waals surface area contributed by atoms with Crippen molar-refractivity contribution in [2.24, 2.45) is 0 Å². The second kappa shape index (κ2) is 10.3. The minimum atomic E-state index is -0.889. The molecule has 0 fully saturated rings. The molecule has 1 aromatic rings. The van der Waals surface area contributed by atoms with Crippen LogP contribution in [0.15, 0.2) is 41.7 Å². The summed E-state index contributed by atoms with van der Waals surface area (Å²) in [7, 11) is 0. The van der Waals surface area contributed by atoms with Crippen LogP contribution in [0.5, 0.6) is 0 Å². The first-order chi connectivity index (χ1) is 11.9. The molecule has 0 aromatic heterocycles. The Bertz CT molecular complexity index is 616. The Morgan fingerprint density at radius 1 is 1.16 bits per heavy atom. The SMILES string of the molecule is CCCC(=O)/C(C(=O)OCC)=C(\O)C(Cc1ccccc1)NC(C)=O. The standard InChI is InChI=1S/C19H25NO5/c1-4-9-16(22)17(19(24)25-5-2)18(23)15(20-13(3)21)12-14-10-7-6-8-11-14/h6-8,10-11,15,23H,4-5,9,12H2,1-3H3,(H,20,21)/b18-17+. The molecule has 0 saturated heterocycles. The molecule has 2 N–H and O–H groups in total. The highest BCUT2D eigenvalue weighted by atomic mass is 16.5. The summed E-state index contributed by atoms with van der Waals surface area (Å²) in [6.45, 7) is 4.81. The molecule has 0 aliphatic rings. The number of ether oxygens (including phenoxy) is 1. The van der Waals surface area contributed by atoms with Crippen LogP contribution < -0.4 is 5.32 Å². The quantitative estimate of drug-likeness (QED) is 0.235. The average molecular weight is 347 g/mol. The minimum Gasteiger partial charge on any atom is -0.509 e. The molecule has 0 bridgehead atoms. The van der Waals surface area contributed by atoms with Gasteiger partial charge in [-0.2, -0.15) is 0 Å². The molecule has 0 heterocycles. The van der Waals surface area contributed by atoms with Crippen molar-refractivity contribution >= 4 is 17.7 Å². The van der Waals surface area contributed by atoms with Gasteiger partial charge in [0.15, 0.2) is 5.78 Å². The summed E-state index contributed by atoms with van der Waals surface area (Å²) in [5.74, 6) is -2.21. The largest absolute Gasteiger partial charge is 0.509 e. The van der Waals surface area contributed by atoms with E-state index in [1.807, 2.05) is 30.3 Å². The van der Waals surface area contributed by atoms with Crippen molar-refractivity contribution in [3.63, 3.8) is 0 Å². The van der Waals surface area contributed by atoms with E-state index in [0.717, 1.165) is 5.56 Å². The number of amides is 1. The average Bonchev–Trinajstić information content (AvgIpc) is 2.55.